The van der Waals surface area contributed by atoms with Gasteiger partial charge in [0, 0.05) is 25.1 Å². The smallest absolute Gasteiger partial charge is 0.142 e. The van der Waals surface area contributed by atoms with Crippen molar-refractivity contribution in [2.75, 3.05) is 0 Å². The maximum absolute atomic E-state index is 11.7. The Morgan fingerprint density at radius 3 is 2.79 bits per heavy atom. The van der Waals surface area contributed by atoms with Crippen LogP contribution in [0.15, 0.2) is 6.07 Å². The Labute approximate surface area is 84.1 Å². The van der Waals surface area contributed by atoms with Crippen molar-refractivity contribution in [1.29, 1.82) is 0 Å². The normalized spacial score (nSPS) is 25.1. The molecule has 14 heavy (non-hydrogen) atoms. The molecular formula is C11H16N2O. The fraction of sp³-hybridized carbons (Fsp3) is 0.636. The van der Waals surface area contributed by atoms with Crippen LogP contribution < -0.4 is 0 Å². The van der Waals surface area contributed by atoms with Gasteiger partial charge in [-0.25, -0.2) is 0 Å². The van der Waals surface area contributed by atoms with E-state index in [0.29, 0.717) is 24.0 Å². The number of aryl methyl sites for hydroxylation is 2. The quantitative estimate of drug-likeness (QED) is 0.727. The van der Waals surface area contributed by atoms with Crippen molar-refractivity contribution in [3.63, 3.8) is 0 Å². The molecule has 1 saturated carbocycles. The summed E-state index contributed by atoms with van der Waals surface area (Å²) in [4.78, 5) is 11.7. The number of ketones is 1. The monoisotopic (exact) mass is 192 g/mol. The Balaban J connectivity index is 2.03. The summed E-state index contributed by atoms with van der Waals surface area (Å²) >= 11 is 0. The number of hydrogen-bond acceptors (Lipinski definition) is 2. The largest absolute Gasteiger partial charge is 0.299 e. The Kier molecular flexibility index (Phi) is 2.17. The van der Waals surface area contributed by atoms with E-state index in [1.807, 2.05) is 20.0 Å². The summed E-state index contributed by atoms with van der Waals surface area (Å²) in [6.07, 6.45) is 1.63. The zero-order valence-electron chi connectivity index (χ0n) is 8.95. The van der Waals surface area contributed by atoms with Crippen molar-refractivity contribution in [2.24, 2.45) is 18.9 Å². The summed E-state index contributed by atoms with van der Waals surface area (Å²) in [5, 5.41) is 4.23. The third-order valence-corrected chi connectivity index (χ3v) is 2.98. The lowest BCUT2D eigenvalue weighted by Gasteiger charge is -1.99. The molecule has 0 saturated heterocycles. The summed E-state index contributed by atoms with van der Waals surface area (Å²) in [6.45, 7) is 4.09. The number of carbonyl (C=O) groups is 1. The third kappa shape index (κ3) is 1.72. The van der Waals surface area contributed by atoms with Crippen LogP contribution in [0, 0.1) is 18.8 Å². The lowest BCUT2D eigenvalue weighted by atomic mass is 10.1. The molecule has 1 aromatic rings. The Hall–Kier alpha value is -1.12. The molecule has 2 atom stereocenters. The molecule has 0 spiro atoms. The highest BCUT2D eigenvalue weighted by Gasteiger charge is 2.38. The van der Waals surface area contributed by atoms with E-state index in [-0.39, 0.29) is 0 Å². The second-order valence-corrected chi connectivity index (χ2v) is 4.36. The van der Waals surface area contributed by atoms with Gasteiger partial charge in [-0.3, -0.25) is 9.48 Å². The minimum atomic E-state index is 0.324. The molecule has 1 aliphatic rings. The molecule has 0 bridgehead atoms. The molecule has 76 valence electrons. The summed E-state index contributed by atoms with van der Waals surface area (Å²) in [6, 6.07) is 1.99. The standard InChI is InChI=1S/C11H16N2O/c1-7-4-10(7)11(14)6-9-5-8(2)12-13(9)3/h5,7,10H,4,6H2,1-3H3. The first-order chi connectivity index (χ1) is 6.58. The van der Waals surface area contributed by atoms with Gasteiger partial charge < -0.3 is 0 Å². The van der Waals surface area contributed by atoms with E-state index in [1.165, 1.54) is 0 Å². The minimum absolute atomic E-state index is 0.324. The zero-order valence-corrected chi connectivity index (χ0v) is 8.95. The number of nitrogens with zero attached hydrogens (tertiary/aromatic N) is 2. The van der Waals surface area contributed by atoms with E-state index in [4.69, 9.17) is 0 Å². The van der Waals surface area contributed by atoms with Gasteiger partial charge in [0.05, 0.1) is 5.69 Å². The fourth-order valence-corrected chi connectivity index (χ4v) is 1.91. The topological polar surface area (TPSA) is 34.9 Å². The van der Waals surface area contributed by atoms with Crippen LogP contribution in [-0.2, 0) is 18.3 Å². The van der Waals surface area contributed by atoms with Crippen molar-refractivity contribution < 1.29 is 4.79 Å². The number of rotatable bonds is 3. The van der Waals surface area contributed by atoms with E-state index in [9.17, 15) is 4.79 Å². The van der Waals surface area contributed by atoms with Crippen LogP contribution in [0.25, 0.3) is 0 Å². The first-order valence-corrected chi connectivity index (χ1v) is 5.10. The molecule has 1 heterocycles. The average molecular weight is 192 g/mol. The Morgan fingerprint density at radius 2 is 2.36 bits per heavy atom. The van der Waals surface area contributed by atoms with E-state index < -0.39 is 0 Å². The summed E-state index contributed by atoms with van der Waals surface area (Å²) in [5.41, 5.74) is 2.02. The molecule has 0 aromatic carbocycles. The third-order valence-electron chi connectivity index (χ3n) is 2.98. The van der Waals surface area contributed by atoms with Gasteiger partial charge in [0.25, 0.3) is 0 Å². The van der Waals surface area contributed by atoms with Gasteiger partial charge in [-0.15, -0.1) is 0 Å². The molecule has 1 aliphatic carbocycles. The summed E-state index contributed by atoms with van der Waals surface area (Å²) < 4.78 is 1.81. The van der Waals surface area contributed by atoms with Gasteiger partial charge in [0.2, 0.25) is 0 Å². The van der Waals surface area contributed by atoms with Crippen molar-refractivity contribution in [1.82, 2.24) is 9.78 Å². The van der Waals surface area contributed by atoms with Crippen molar-refractivity contribution >= 4 is 5.78 Å². The molecule has 0 amide bonds. The van der Waals surface area contributed by atoms with Crippen molar-refractivity contribution in [2.45, 2.75) is 26.7 Å². The Bertz CT molecular complexity index is 367. The molecule has 2 unspecified atom stereocenters. The molecule has 0 aliphatic heterocycles. The second kappa shape index (κ2) is 3.23. The number of Topliss-reactive ketones (excluding diaryl/α,β-unsaturated/α-hetero) is 1. The van der Waals surface area contributed by atoms with Gasteiger partial charge in [-0.1, -0.05) is 6.92 Å². The van der Waals surface area contributed by atoms with E-state index >= 15 is 0 Å². The minimum Gasteiger partial charge on any atom is -0.299 e. The molecule has 3 nitrogen and oxygen atoms in total. The van der Waals surface area contributed by atoms with E-state index in [1.54, 1.807) is 4.68 Å². The first kappa shape index (κ1) is 9.44. The van der Waals surface area contributed by atoms with Crippen molar-refractivity contribution in [3.05, 3.63) is 17.5 Å². The van der Waals surface area contributed by atoms with Crippen LogP contribution in [0.3, 0.4) is 0 Å². The molecule has 2 rings (SSSR count). The summed E-state index contributed by atoms with van der Waals surface area (Å²) in [7, 11) is 1.89. The van der Waals surface area contributed by atoms with Crippen LogP contribution in [0.5, 0.6) is 0 Å². The summed E-state index contributed by atoms with van der Waals surface area (Å²) in [5.74, 6) is 1.31. The predicted molar refractivity (Wildman–Crippen MR) is 53.9 cm³/mol. The highest BCUT2D eigenvalue weighted by Crippen LogP contribution is 2.39. The van der Waals surface area contributed by atoms with Crippen LogP contribution >= 0.6 is 0 Å². The predicted octanol–water partition coefficient (Wildman–Crippen LogP) is 1.50. The average Bonchev–Trinajstić information content (AvgIpc) is 2.73. The zero-order chi connectivity index (χ0) is 10.3. The lowest BCUT2D eigenvalue weighted by Crippen LogP contribution is -2.09. The Morgan fingerprint density at radius 1 is 1.71 bits per heavy atom. The van der Waals surface area contributed by atoms with Crippen LogP contribution in [-0.4, -0.2) is 15.6 Å². The van der Waals surface area contributed by atoms with Crippen molar-refractivity contribution in [3.8, 4) is 0 Å². The molecule has 3 heteroatoms. The maximum atomic E-state index is 11.7. The first-order valence-electron chi connectivity index (χ1n) is 5.10. The lowest BCUT2D eigenvalue weighted by molar-refractivity contribution is -0.119. The van der Waals surface area contributed by atoms with Gasteiger partial charge in [-0.05, 0) is 25.3 Å². The SMILES string of the molecule is Cc1cc(CC(=O)C2CC2C)n(C)n1. The maximum Gasteiger partial charge on any atom is 0.142 e. The van der Waals surface area contributed by atoms with E-state index in [2.05, 4.69) is 12.0 Å². The van der Waals surface area contributed by atoms with Crippen LogP contribution in [0.2, 0.25) is 0 Å². The van der Waals surface area contributed by atoms with Crippen LogP contribution in [0.1, 0.15) is 24.7 Å². The van der Waals surface area contributed by atoms with Gasteiger partial charge in [0.1, 0.15) is 5.78 Å². The number of aromatic nitrogens is 2. The fourth-order valence-electron chi connectivity index (χ4n) is 1.91. The number of carbonyl (C=O) groups excluding carboxylic acids is 1. The van der Waals surface area contributed by atoms with Gasteiger partial charge in [0.15, 0.2) is 0 Å². The highest BCUT2D eigenvalue weighted by molar-refractivity contribution is 5.85. The van der Waals surface area contributed by atoms with Crippen LogP contribution in [0.4, 0.5) is 0 Å². The molecule has 0 radical (unpaired) electrons. The highest BCUT2D eigenvalue weighted by atomic mass is 16.1. The molecule has 1 fully saturated rings. The van der Waals surface area contributed by atoms with Gasteiger partial charge >= 0.3 is 0 Å². The van der Waals surface area contributed by atoms with E-state index in [0.717, 1.165) is 17.8 Å². The molecule has 0 N–H and O–H groups in total. The second-order valence-electron chi connectivity index (χ2n) is 4.36. The van der Waals surface area contributed by atoms with Gasteiger partial charge in [-0.2, -0.15) is 5.10 Å². The molecular weight excluding hydrogens is 176 g/mol. The molecule has 1 aromatic heterocycles. The number of hydrogen-bond donors (Lipinski definition) is 0.